The van der Waals surface area contributed by atoms with Gasteiger partial charge >= 0.3 is 0 Å². The van der Waals surface area contributed by atoms with E-state index < -0.39 is 0 Å². The Morgan fingerprint density at radius 2 is 2.29 bits per heavy atom. The van der Waals surface area contributed by atoms with E-state index in [-0.39, 0.29) is 0 Å². The van der Waals surface area contributed by atoms with Crippen LogP contribution in [0.15, 0.2) is 12.4 Å². The second kappa shape index (κ2) is 3.45. The van der Waals surface area contributed by atoms with Gasteiger partial charge in [0.1, 0.15) is 5.82 Å². The summed E-state index contributed by atoms with van der Waals surface area (Å²) < 4.78 is 0. The Morgan fingerprint density at radius 3 is 2.43 bits per heavy atom. The van der Waals surface area contributed by atoms with E-state index in [2.05, 4.69) is 22.9 Å². The van der Waals surface area contributed by atoms with Crippen molar-refractivity contribution in [2.24, 2.45) is 5.84 Å². The van der Waals surface area contributed by atoms with E-state index in [1.165, 1.54) is 0 Å². The molecule has 0 spiro atoms. The number of hydrogen-bond donors (Lipinski definition) is 4. The highest BCUT2D eigenvalue weighted by molar-refractivity contribution is 4.81. The van der Waals surface area contributed by atoms with Crippen LogP contribution in [0.3, 0.4) is 0 Å². The van der Waals surface area contributed by atoms with Gasteiger partial charge in [0.05, 0.1) is 0 Å². The molecule has 0 radical (unpaired) electrons. The standard InChI is InChI=1S/C3H10N4/c1-3(6-4)7-5-2/h5-7H,1,4H2,2H3. The molecule has 0 aliphatic heterocycles. The zero-order chi connectivity index (χ0) is 5.70. The molecule has 0 saturated carbocycles. The molecule has 0 amide bonds. The minimum absolute atomic E-state index is 0.544. The van der Waals surface area contributed by atoms with Gasteiger partial charge in [-0.15, -0.1) is 0 Å². The van der Waals surface area contributed by atoms with Gasteiger partial charge in [-0.25, -0.2) is 11.3 Å². The molecule has 0 aromatic carbocycles. The largest absolute Gasteiger partial charge is 0.310 e. The van der Waals surface area contributed by atoms with Crippen molar-refractivity contribution < 1.29 is 0 Å². The Labute approximate surface area is 42.7 Å². The van der Waals surface area contributed by atoms with Gasteiger partial charge < -0.3 is 10.9 Å². The Hall–Kier alpha value is -0.740. The Balaban J connectivity index is 3.00. The molecular weight excluding hydrogens is 92.1 g/mol. The first-order valence-corrected chi connectivity index (χ1v) is 1.89. The lowest BCUT2D eigenvalue weighted by atomic mass is 10.9. The highest BCUT2D eigenvalue weighted by Gasteiger charge is 1.76. The molecule has 4 heteroatoms. The molecule has 0 aliphatic rings. The molecule has 0 aromatic rings. The van der Waals surface area contributed by atoms with Gasteiger partial charge in [-0.2, -0.15) is 0 Å². The highest BCUT2D eigenvalue weighted by Crippen LogP contribution is 1.60. The first kappa shape index (κ1) is 6.26. The van der Waals surface area contributed by atoms with Crippen molar-refractivity contribution in [3.8, 4) is 0 Å². The zero-order valence-corrected chi connectivity index (χ0v) is 4.28. The van der Waals surface area contributed by atoms with E-state index in [4.69, 9.17) is 5.84 Å². The fraction of sp³-hybridized carbons (Fsp3) is 0.333. The number of nitrogens with two attached hydrogens (primary N) is 1. The van der Waals surface area contributed by atoms with Gasteiger partial charge in [0, 0.05) is 7.05 Å². The summed E-state index contributed by atoms with van der Waals surface area (Å²) >= 11 is 0. The fourth-order valence-electron chi connectivity index (χ4n) is 0.187. The molecule has 0 atom stereocenters. The first-order chi connectivity index (χ1) is 3.31. The summed E-state index contributed by atoms with van der Waals surface area (Å²) in [6, 6.07) is 0. The van der Waals surface area contributed by atoms with Gasteiger partial charge in [0.15, 0.2) is 0 Å². The van der Waals surface area contributed by atoms with E-state index in [1.54, 1.807) is 7.05 Å². The van der Waals surface area contributed by atoms with E-state index in [9.17, 15) is 0 Å². The zero-order valence-electron chi connectivity index (χ0n) is 4.28. The van der Waals surface area contributed by atoms with Crippen LogP contribution in [0.5, 0.6) is 0 Å². The molecule has 0 saturated heterocycles. The molecule has 5 N–H and O–H groups in total. The molecule has 0 heterocycles. The van der Waals surface area contributed by atoms with Crippen molar-refractivity contribution in [1.82, 2.24) is 16.3 Å². The van der Waals surface area contributed by atoms with Crippen molar-refractivity contribution in [2.75, 3.05) is 7.05 Å². The third-order valence-corrected chi connectivity index (χ3v) is 0.450. The van der Waals surface area contributed by atoms with Gasteiger partial charge in [-0.05, 0) is 0 Å². The predicted molar refractivity (Wildman–Crippen MR) is 28.7 cm³/mol. The smallest absolute Gasteiger partial charge is 0.120 e. The average Bonchev–Trinajstić information content (AvgIpc) is 1.68. The first-order valence-electron chi connectivity index (χ1n) is 1.89. The quantitative estimate of drug-likeness (QED) is 0.263. The number of nitrogens with one attached hydrogen (secondary N) is 3. The molecule has 42 valence electrons. The second-order valence-electron chi connectivity index (χ2n) is 0.998. The summed E-state index contributed by atoms with van der Waals surface area (Å²) in [4.78, 5) is 0. The summed E-state index contributed by atoms with van der Waals surface area (Å²) in [5.74, 6) is 5.45. The topological polar surface area (TPSA) is 62.1 Å². The maximum Gasteiger partial charge on any atom is 0.120 e. The summed E-state index contributed by atoms with van der Waals surface area (Å²) in [7, 11) is 1.72. The number of rotatable bonds is 3. The van der Waals surface area contributed by atoms with Crippen LogP contribution >= 0.6 is 0 Å². The van der Waals surface area contributed by atoms with Crippen LogP contribution < -0.4 is 22.1 Å². The molecule has 4 nitrogen and oxygen atoms in total. The fourth-order valence-corrected chi connectivity index (χ4v) is 0.187. The van der Waals surface area contributed by atoms with Crippen LogP contribution in [0.4, 0.5) is 0 Å². The van der Waals surface area contributed by atoms with E-state index in [0.717, 1.165) is 0 Å². The lowest BCUT2D eigenvalue weighted by molar-refractivity contribution is 0.630. The Kier molecular flexibility index (Phi) is 3.09. The summed E-state index contributed by atoms with van der Waals surface area (Å²) in [5.41, 5.74) is 7.54. The molecule has 0 bridgehead atoms. The van der Waals surface area contributed by atoms with Crippen LogP contribution in [0, 0.1) is 0 Å². The van der Waals surface area contributed by atoms with E-state index in [1.807, 2.05) is 0 Å². The lowest BCUT2D eigenvalue weighted by Crippen LogP contribution is -2.36. The van der Waals surface area contributed by atoms with Gasteiger partial charge in [0.25, 0.3) is 0 Å². The van der Waals surface area contributed by atoms with Crippen LogP contribution in [0.2, 0.25) is 0 Å². The minimum atomic E-state index is 0.544. The van der Waals surface area contributed by atoms with Crippen molar-refractivity contribution in [3.63, 3.8) is 0 Å². The SMILES string of the molecule is C=C(NN)NNC. The van der Waals surface area contributed by atoms with Crippen LogP contribution in [-0.2, 0) is 0 Å². The minimum Gasteiger partial charge on any atom is -0.310 e. The Morgan fingerprint density at radius 1 is 1.71 bits per heavy atom. The molecule has 0 rings (SSSR count). The summed E-state index contributed by atoms with van der Waals surface area (Å²) in [6.45, 7) is 3.45. The monoisotopic (exact) mass is 102 g/mol. The molecule has 0 unspecified atom stereocenters. The molecule has 0 fully saturated rings. The van der Waals surface area contributed by atoms with Crippen molar-refractivity contribution in [1.29, 1.82) is 0 Å². The van der Waals surface area contributed by atoms with Gasteiger partial charge in [-0.1, -0.05) is 6.58 Å². The highest BCUT2D eigenvalue weighted by atomic mass is 15.4. The summed E-state index contributed by atoms with van der Waals surface area (Å²) in [6.07, 6.45) is 0. The predicted octanol–water partition coefficient (Wildman–Crippen LogP) is -1.36. The average molecular weight is 102 g/mol. The lowest BCUT2D eigenvalue weighted by Gasteiger charge is -2.03. The normalized spacial score (nSPS) is 7.71. The molecule has 0 aromatic heterocycles. The summed E-state index contributed by atoms with van der Waals surface area (Å²) in [5, 5.41) is 0. The Bertz CT molecular complexity index is 60.0. The molecule has 0 aliphatic carbocycles. The van der Waals surface area contributed by atoms with E-state index in [0.29, 0.717) is 5.82 Å². The van der Waals surface area contributed by atoms with Crippen molar-refractivity contribution >= 4 is 0 Å². The maximum atomic E-state index is 4.91. The second-order valence-corrected chi connectivity index (χ2v) is 0.998. The maximum absolute atomic E-state index is 4.91. The van der Waals surface area contributed by atoms with E-state index >= 15 is 0 Å². The number of hydrazine groups is 2. The third kappa shape index (κ3) is 3.08. The molecule has 7 heavy (non-hydrogen) atoms. The molecular formula is C3H10N4. The van der Waals surface area contributed by atoms with Crippen LogP contribution in [0.25, 0.3) is 0 Å². The number of hydrogen-bond acceptors (Lipinski definition) is 4. The van der Waals surface area contributed by atoms with Gasteiger partial charge in [0.2, 0.25) is 0 Å². The van der Waals surface area contributed by atoms with Crippen molar-refractivity contribution in [3.05, 3.63) is 12.4 Å². The third-order valence-electron chi connectivity index (χ3n) is 0.450. The van der Waals surface area contributed by atoms with Crippen LogP contribution in [-0.4, -0.2) is 7.05 Å². The van der Waals surface area contributed by atoms with Gasteiger partial charge in [-0.3, -0.25) is 0 Å². The van der Waals surface area contributed by atoms with Crippen molar-refractivity contribution in [2.45, 2.75) is 0 Å². The van der Waals surface area contributed by atoms with Crippen LogP contribution in [0.1, 0.15) is 0 Å².